The van der Waals surface area contributed by atoms with E-state index in [0.29, 0.717) is 0 Å². The number of anilines is 6. The molecule has 0 N–H and O–H groups in total. The molecule has 9 aromatic carbocycles. The number of fused-ring (bicyclic) bond motifs is 8. The summed E-state index contributed by atoms with van der Waals surface area (Å²) in [4.78, 5) is 24.6. The predicted molar refractivity (Wildman–Crippen MR) is 354 cm³/mol. The van der Waals surface area contributed by atoms with Gasteiger partial charge in [-0.15, -0.1) is 0 Å². The van der Waals surface area contributed by atoms with Gasteiger partial charge in [0, 0.05) is 0 Å². The Labute approximate surface area is 511 Å². The zero-order chi connectivity index (χ0) is 56.7. The zero-order valence-electron chi connectivity index (χ0n) is 46.0. The average molecular weight is 1230 g/mol. The van der Waals surface area contributed by atoms with E-state index in [1.807, 2.05) is 49.1 Å². The molecule has 0 aliphatic carbocycles. The third-order valence-electron chi connectivity index (χ3n) is 16.7. The minimum absolute atomic E-state index is 0.0530. The Hall–Kier alpha value is -10.1. The molecule has 86 heavy (non-hydrogen) atoms. The molecule has 0 fully saturated rings. The van der Waals surface area contributed by atoms with Crippen LogP contribution in [0.25, 0.3) is 45.0 Å². The fourth-order valence-electron chi connectivity index (χ4n) is 13.1. The van der Waals surface area contributed by atoms with E-state index in [2.05, 4.69) is 240 Å². The zero-order valence-corrected chi connectivity index (χ0v) is 49.5. The second-order valence-corrected chi connectivity index (χ2v) is 26.1. The summed E-state index contributed by atoms with van der Waals surface area (Å²) in [6.07, 6.45) is 7.48. The molecular weight excluding hydrogens is 1180 g/mol. The van der Waals surface area contributed by atoms with Crippen LogP contribution in [0.5, 0.6) is 23.0 Å². The molecule has 4 aromatic heterocycles. The van der Waals surface area contributed by atoms with Crippen LogP contribution in [-0.4, -0.2) is 63.3 Å². The first kappa shape index (κ1) is 50.5. The molecule has 0 atom stereocenters. The molecule has 0 spiro atoms. The molecule has 4 aliphatic rings. The molecule has 0 unspecified atom stereocenters. The van der Waals surface area contributed by atoms with Gasteiger partial charge in [0.15, 0.2) is 0 Å². The van der Waals surface area contributed by atoms with Crippen molar-refractivity contribution >= 4 is 128 Å². The molecule has 0 bridgehead atoms. The Morgan fingerprint density at radius 1 is 0.279 bits per heavy atom. The standard InChI is InChI=1S/C74H46B2N6O2Se2/c1-3-21-47(22-4-1)81(73-51(59-31-11-15-37-77-59)25-19-26-52(73)60-32-12-16-38-78-60)49-41-65-71-69(43-49)85-67-46-68-58(45-57(67)75(71)55-29-7-9-35-63(55)83-65)76-56-30-8-10-36-64(56)84-66-42-50(44-70(86-68)72(66)76)82(48-23-5-2-6-24-48)74-53(61-33-13-17-39-79-61)27-20-28-54(74)62-34-14-18-40-80-62/h1-46H. The van der Waals surface area contributed by atoms with E-state index in [0.717, 1.165) is 102 Å². The van der Waals surface area contributed by atoms with Crippen LogP contribution in [0, 0.1) is 0 Å². The average Bonchev–Trinajstić information content (AvgIpc) is 0.863. The molecule has 8 nitrogen and oxygen atoms in total. The second kappa shape index (κ2) is 20.9. The summed E-state index contributed by atoms with van der Waals surface area (Å²) in [5.41, 5.74) is 21.1. The van der Waals surface area contributed by atoms with E-state index < -0.39 is 0 Å². The maximum atomic E-state index is 7.20. The molecule has 8 heterocycles. The van der Waals surface area contributed by atoms with Crippen molar-refractivity contribution in [3.05, 3.63) is 280 Å². The molecule has 0 saturated heterocycles. The molecule has 13 aromatic rings. The van der Waals surface area contributed by atoms with Crippen LogP contribution < -0.4 is 69.9 Å². The molecular formula is C74H46B2N6O2Se2. The van der Waals surface area contributed by atoms with Crippen LogP contribution in [0.1, 0.15) is 0 Å². The summed E-state index contributed by atoms with van der Waals surface area (Å²) in [6.45, 7) is -0.106. The Balaban J connectivity index is 0.859. The van der Waals surface area contributed by atoms with Crippen LogP contribution in [0.15, 0.2) is 280 Å². The summed E-state index contributed by atoms with van der Waals surface area (Å²) in [5.74, 6) is 3.50. The van der Waals surface area contributed by atoms with Gasteiger partial charge in [-0.3, -0.25) is 0 Å². The maximum absolute atomic E-state index is 7.20. The van der Waals surface area contributed by atoms with E-state index >= 15 is 0 Å². The van der Waals surface area contributed by atoms with Crippen LogP contribution in [0.2, 0.25) is 0 Å². The number of hydrogen-bond donors (Lipinski definition) is 0. The van der Waals surface area contributed by atoms with Crippen molar-refractivity contribution in [2.45, 2.75) is 0 Å². The van der Waals surface area contributed by atoms with Gasteiger partial charge in [-0.1, -0.05) is 0 Å². The molecule has 0 radical (unpaired) electrons. The van der Waals surface area contributed by atoms with E-state index in [9.17, 15) is 0 Å². The number of aromatic nitrogens is 4. The van der Waals surface area contributed by atoms with Gasteiger partial charge in [0.1, 0.15) is 0 Å². The number of benzene rings is 9. The summed E-state index contributed by atoms with van der Waals surface area (Å²) >= 11 is -0.247. The Morgan fingerprint density at radius 2 is 0.640 bits per heavy atom. The van der Waals surface area contributed by atoms with Gasteiger partial charge in [0.25, 0.3) is 0 Å². The second-order valence-electron chi connectivity index (χ2n) is 21.6. The first-order chi connectivity index (χ1) is 42.7. The van der Waals surface area contributed by atoms with Crippen LogP contribution in [0.3, 0.4) is 0 Å². The molecule has 0 saturated carbocycles. The van der Waals surface area contributed by atoms with E-state index in [1.54, 1.807) is 0 Å². The first-order valence-corrected chi connectivity index (χ1v) is 32.1. The first-order valence-electron chi connectivity index (χ1n) is 28.7. The molecule has 402 valence electrons. The molecule has 12 heteroatoms. The fraction of sp³-hybridized carbons (Fsp3) is 0. The Kier molecular flexibility index (Phi) is 12.3. The molecule has 4 aliphatic heterocycles. The number of nitrogens with zero attached hydrogens (tertiary/aromatic N) is 6. The number of rotatable bonds is 10. The van der Waals surface area contributed by atoms with Crippen LogP contribution in [0.4, 0.5) is 34.1 Å². The van der Waals surface area contributed by atoms with E-state index in [-0.39, 0.29) is 43.3 Å². The van der Waals surface area contributed by atoms with Gasteiger partial charge in [0.05, 0.1) is 0 Å². The third-order valence-corrected chi connectivity index (χ3v) is 21.4. The number of para-hydroxylation sites is 6. The predicted octanol–water partition coefficient (Wildman–Crippen LogP) is 10.1. The van der Waals surface area contributed by atoms with Gasteiger partial charge in [-0.2, -0.15) is 0 Å². The monoisotopic (exact) mass is 1230 g/mol. The number of ether oxygens (including phenoxy) is 2. The fourth-order valence-corrected chi connectivity index (χ4v) is 18.6. The van der Waals surface area contributed by atoms with E-state index in [1.165, 1.54) is 50.6 Å². The summed E-state index contributed by atoms with van der Waals surface area (Å²) in [5, 5.41) is 0. The van der Waals surface area contributed by atoms with Gasteiger partial charge < -0.3 is 0 Å². The van der Waals surface area contributed by atoms with Crippen molar-refractivity contribution in [3.8, 4) is 68.0 Å². The third kappa shape index (κ3) is 8.44. The van der Waals surface area contributed by atoms with Crippen molar-refractivity contribution < 1.29 is 9.47 Å². The topological polar surface area (TPSA) is 76.5 Å². The van der Waals surface area contributed by atoms with Crippen molar-refractivity contribution in [1.29, 1.82) is 0 Å². The molecule has 17 rings (SSSR count). The van der Waals surface area contributed by atoms with Crippen LogP contribution in [-0.2, 0) is 0 Å². The van der Waals surface area contributed by atoms with Crippen molar-refractivity contribution in [1.82, 2.24) is 19.9 Å². The van der Waals surface area contributed by atoms with Gasteiger partial charge in [-0.25, -0.2) is 0 Å². The van der Waals surface area contributed by atoms with Gasteiger partial charge in [-0.05, 0) is 0 Å². The minimum atomic E-state index is -0.124. The normalized spacial score (nSPS) is 12.7. The van der Waals surface area contributed by atoms with Crippen molar-refractivity contribution in [2.75, 3.05) is 9.80 Å². The van der Waals surface area contributed by atoms with Gasteiger partial charge in [0.2, 0.25) is 0 Å². The summed E-state index contributed by atoms with van der Waals surface area (Å²) < 4.78 is 19.8. The summed E-state index contributed by atoms with van der Waals surface area (Å²) in [7, 11) is 0. The number of pyridine rings is 4. The van der Waals surface area contributed by atoms with Gasteiger partial charge >= 0.3 is 515 Å². The van der Waals surface area contributed by atoms with Crippen molar-refractivity contribution in [3.63, 3.8) is 0 Å². The quantitative estimate of drug-likeness (QED) is 0.125. The SMILES string of the molecule is c1ccc(N(c2cc3c4c(c2)[Se]c2cc5c(cc2B4c2ccccc2O3)B2c3ccccc3Oc3cc(N(c4ccccc4)c4c(-c6ccccn6)cccc4-c4ccccn4)cc(c32)[Se]5)c2c(-c3ccccn3)cccc2-c2ccccn2)cc1. The molecule has 0 amide bonds. The Bertz CT molecular complexity index is 4390. The van der Waals surface area contributed by atoms with Crippen LogP contribution >= 0.6 is 0 Å². The van der Waals surface area contributed by atoms with Crippen molar-refractivity contribution in [2.24, 2.45) is 0 Å². The summed E-state index contributed by atoms with van der Waals surface area (Å²) in [6, 6.07) is 90.8. The Morgan fingerprint density at radius 3 is 1.01 bits per heavy atom. The number of hydrogen-bond acceptors (Lipinski definition) is 8. The van der Waals surface area contributed by atoms with E-state index in [4.69, 9.17) is 29.4 Å².